The molecule has 1 aliphatic heterocycles. The van der Waals surface area contributed by atoms with E-state index in [-0.39, 0.29) is 22.8 Å². The first-order valence-corrected chi connectivity index (χ1v) is 14.7. The highest BCUT2D eigenvalue weighted by Crippen LogP contribution is 2.47. The van der Waals surface area contributed by atoms with Crippen LogP contribution in [0, 0.1) is 13.8 Å². The summed E-state index contributed by atoms with van der Waals surface area (Å²) >= 11 is 4.64. The average molecular weight is 638 g/mol. The fourth-order valence-corrected chi connectivity index (χ4v) is 6.57. The first kappa shape index (κ1) is 28.6. The van der Waals surface area contributed by atoms with Crippen molar-refractivity contribution in [3.63, 3.8) is 0 Å². The predicted molar refractivity (Wildman–Crippen MR) is 163 cm³/mol. The number of phenols is 1. The lowest BCUT2D eigenvalue weighted by Crippen LogP contribution is -2.29. The average Bonchev–Trinajstić information content (AvgIpc) is 3.48. The molecule has 4 aromatic rings. The van der Waals surface area contributed by atoms with E-state index in [0.29, 0.717) is 33.1 Å². The van der Waals surface area contributed by atoms with Gasteiger partial charge in [0.1, 0.15) is 11.5 Å². The number of aromatic hydroxyl groups is 1. The largest absolute Gasteiger partial charge is 0.507 e. The Kier molecular flexibility index (Phi) is 8.06. The van der Waals surface area contributed by atoms with Gasteiger partial charge in [-0.15, -0.1) is 0 Å². The van der Waals surface area contributed by atoms with Gasteiger partial charge >= 0.3 is 5.91 Å². The highest BCUT2D eigenvalue weighted by molar-refractivity contribution is 9.10. The lowest BCUT2D eigenvalue weighted by molar-refractivity contribution is -0.132. The van der Waals surface area contributed by atoms with Crippen LogP contribution in [0.5, 0.6) is 17.2 Å². The molecule has 10 heteroatoms. The van der Waals surface area contributed by atoms with Gasteiger partial charge in [-0.05, 0) is 83.2 Å². The van der Waals surface area contributed by atoms with E-state index in [0.717, 1.165) is 34.2 Å². The van der Waals surface area contributed by atoms with E-state index in [9.17, 15) is 19.8 Å². The van der Waals surface area contributed by atoms with Gasteiger partial charge in [0.05, 0.1) is 40.0 Å². The lowest BCUT2D eigenvalue weighted by Gasteiger charge is -2.24. The number of ether oxygens (including phenoxy) is 2. The molecule has 0 spiro atoms. The zero-order chi connectivity index (χ0) is 29.4. The molecular weight excluding hydrogens is 608 g/mol. The smallest absolute Gasteiger partial charge is 0.301 e. The van der Waals surface area contributed by atoms with Crippen molar-refractivity contribution in [1.82, 2.24) is 4.98 Å². The van der Waals surface area contributed by atoms with Gasteiger partial charge in [0.2, 0.25) is 0 Å². The van der Waals surface area contributed by atoms with Crippen LogP contribution in [0.15, 0.2) is 58.6 Å². The van der Waals surface area contributed by atoms with E-state index in [1.54, 1.807) is 36.4 Å². The van der Waals surface area contributed by atoms with Crippen LogP contribution >= 0.6 is 27.3 Å². The molecule has 1 saturated heterocycles. The Balaban J connectivity index is 1.72. The molecule has 0 saturated carbocycles. The molecule has 0 bridgehead atoms. The minimum absolute atomic E-state index is 0.104. The molecule has 212 valence electrons. The van der Waals surface area contributed by atoms with Crippen LogP contribution in [0.2, 0.25) is 0 Å². The number of halogens is 1. The molecule has 1 atom stereocenters. The van der Waals surface area contributed by atoms with E-state index >= 15 is 0 Å². The molecule has 1 aromatic heterocycles. The molecule has 5 rings (SSSR count). The Bertz CT molecular complexity index is 1710. The number of unbranched alkanes of at least 4 members (excludes halogenated alkanes) is 1. The normalized spacial score (nSPS) is 16.5. The first-order chi connectivity index (χ1) is 19.6. The van der Waals surface area contributed by atoms with Crippen LogP contribution in [-0.4, -0.2) is 40.6 Å². The maximum Gasteiger partial charge on any atom is 0.301 e. The second-order valence-electron chi connectivity index (χ2n) is 9.88. The number of aliphatic hydroxyl groups excluding tert-OH is 1. The van der Waals surface area contributed by atoms with Gasteiger partial charge in [-0.3, -0.25) is 14.5 Å². The fraction of sp³-hybridized carbons (Fsp3) is 0.258. The van der Waals surface area contributed by atoms with Crippen molar-refractivity contribution in [3.05, 3.63) is 80.8 Å². The number of phenolic OH excluding ortho intramolecular Hbond substituents is 1. The molecular formula is C31H29BrN2O6S. The number of fused-ring (bicyclic) bond motifs is 1. The lowest BCUT2D eigenvalue weighted by atomic mass is 9.95. The minimum Gasteiger partial charge on any atom is -0.507 e. The number of Topliss-reactive ketones (excluding diaryl/α,β-unsaturated/α-hetero) is 1. The third kappa shape index (κ3) is 5.29. The summed E-state index contributed by atoms with van der Waals surface area (Å²) in [6.45, 7) is 6.51. The number of amides is 1. The van der Waals surface area contributed by atoms with Crippen molar-refractivity contribution in [2.45, 2.75) is 39.7 Å². The summed E-state index contributed by atoms with van der Waals surface area (Å²) < 4.78 is 12.4. The van der Waals surface area contributed by atoms with Crippen LogP contribution in [0.3, 0.4) is 0 Å². The Hall–Kier alpha value is -3.89. The first-order valence-electron chi connectivity index (χ1n) is 13.1. The SMILES string of the molecule is CCCCOc1cccc(/C(O)=C2\C(=O)C(=O)N(c3nc4c(C)cc(C)cc4s3)C2c2cc(Br)c(O)c(OC)c2)c1. The minimum atomic E-state index is -1.05. The van der Waals surface area contributed by atoms with Crippen molar-refractivity contribution in [2.75, 3.05) is 18.6 Å². The van der Waals surface area contributed by atoms with Gasteiger partial charge < -0.3 is 19.7 Å². The molecule has 2 heterocycles. The fourth-order valence-electron chi connectivity index (χ4n) is 4.94. The number of carbonyl (C=O) groups excluding carboxylic acids is 2. The highest BCUT2D eigenvalue weighted by atomic mass is 79.9. The number of rotatable bonds is 8. The van der Waals surface area contributed by atoms with E-state index < -0.39 is 17.7 Å². The van der Waals surface area contributed by atoms with E-state index in [4.69, 9.17) is 14.5 Å². The number of hydrogen-bond donors (Lipinski definition) is 2. The molecule has 1 fully saturated rings. The van der Waals surface area contributed by atoms with Gasteiger partial charge in [-0.1, -0.05) is 42.9 Å². The van der Waals surface area contributed by atoms with Crippen LogP contribution < -0.4 is 14.4 Å². The maximum absolute atomic E-state index is 13.7. The number of hydrogen-bond acceptors (Lipinski definition) is 8. The van der Waals surface area contributed by atoms with Crippen molar-refractivity contribution >= 4 is 60.1 Å². The molecule has 0 radical (unpaired) electrons. The van der Waals surface area contributed by atoms with E-state index in [1.165, 1.54) is 23.3 Å². The zero-order valence-corrected chi connectivity index (χ0v) is 25.4. The van der Waals surface area contributed by atoms with Crippen LogP contribution in [0.25, 0.3) is 16.0 Å². The second kappa shape index (κ2) is 11.5. The number of thiazole rings is 1. The highest BCUT2D eigenvalue weighted by Gasteiger charge is 2.48. The summed E-state index contributed by atoms with van der Waals surface area (Å²) in [6, 6.07) is 12.9. The second-order valence-corrected chi connectivity index (χ2v) is 11.7. The molecule has 1 aliphatic rings. The van der Waals surface area contributed by atoms with Gasteiger partial charge in [0.25, 0.3) is 5.78 Å². The number of methoxy groups -OCH3 is 1. The number of carbonyl (C=O) groups is 2. The number of anilines is 1. The number of aryl methyl sites for hydroxylation is 2. The third-order valence-corrected chi connectivity index (χ3v) is 8.54. The summed E-state index contributed by atoms with van der Waals surface area (Å²) in [5.74, 6) is -1.45. The summed E-state index contributed by atoms with van der Waals surface area (Å²) in [5, 5.41) is 22.4. The molecule has 1 amide bonds. The summed E-state index contributed by atoms with van der Waals surface area (Å²) in [6.07, 6.45) is 1.85. The van der Waals surface area contributed by atoms with E-state index in [1.807, 2.05) is 26.0 Å². The van der Waals surface area contributed by atoms with Gasteiger partial charge in [0.15, 0.2) is 16.6 Å². The molecule has 2 N–H and O–H groups in total. The molecule has 1 unspecified atom stereocenters. The quantitative estimate of drug-likeness (QED) is 0.0911. The Morgan fingerprint density at radius 2 is 1.93 bits per heavy atom. The van der Waals surface area contributed by atoms with Crippen LogP contribution in [-0.2, 0) is 9.59 Å². The van der Waals surface area contributed by atoms with Crippen LogP contribution in [0.4, 0.5) is 5.13 Å². The number of aromatic nitrogens is 1. The van der Waals surface area contributed by atoms with Gasteiger partial charge in [0, 0.05) is 5.56 Å². The molecule has 3 aromatic carbocycles. The predicted octanol–water partition coefficient (Wildman–Crippen LogP) is 7.20. The standard InChI is InChI=1S/C31H29BrN2O6S/c1-5-6-10-40-20-9-7-8-18(13-20)27(35)24-26(19-14-21(32)28(36)22(15-19)39-4)34(30(38)29(24)37)31-33-25-17(3)11-16(2)12-23(25)41-31/h7-9,11-15,26,35-36H,5-6,10H2,1-4H3/b27-24+. The Morgan fingerprint density at radius 1 is 1.15 bits per heavy atom. The molecule has 41 heavy (non-hydrogen) atoms. The zero-order valence-electron chi connectivity index (χ0n) is 23.0. The van der Waals surface area contributed by atoms with Gasteiger partial charge in [-0.2, -0.15) is 0 Å². The number of aliphatic hydroxyl groups is 1. The van der Waals surface area contributed by atoms with Crippen molar-refractivity contribution in [2.24, 2.45) is 0 Å². The number of benzene rings is 3. The third-order valence-electron chi connectivity index (χ3n) is 6.93. The topological polar surface area (TPSA) is 109 Å². The Morgan fingerprint density at radius 3 is 2.66 bits per heavy atom. The number of ketones is 1. The van der Waals surface area contributed by atoms with Crippen molar-refractivity contribution in [1.29, 1.82) is 0 Å². The van der Waals surface area contributed by atoms with Gasteiger partial charge in [-0.25, -0.2) is 4.98 Å². The van der Waals surface area contributed by atoms with Crippen molar-refractivity contribution < 1.29 is 29.3 Å². The maximum atomic E-state index is 13.7. The monoisotopic (exact) mass is 636 g/mol. The summed E-state index contributed by atoms with van der Waals surface area (Å²) in [4.78, 5) is 33.4. The van der Waals surface area contributed by atoms with E-state index in [2.05, 4.69) is 22.9 Å². The summed E-state index contributed by atoms with van der Waals surface area (Å²) in [7, 11) is 1.41. The molecule has 0 aliphatic carbocycles. The van der Waals surface area contributed by atoms with Crippen LogP contribution in [0.1, 0.15) is 48.1 Å². The number of nitrogens with zero attached hydrogens (tertiary/aromatic N) is 2. The van der Waals surface area contributed by atoms with Crippen molar-refractivity contribution in [3.8, 4) is 17.2 Å². The molecule has 8 nitrogen and oxygen atoms in total. The summed E-state index contributed by atoms with van der Waals surface area (Å²) in [5.41, 5.74) is 3.41. The Labute approximate surface area is 250 Å².